The highest BCUT2D eigenvalue weighted by Gasteiger charge is 2.25. The normalized spacial score (nSPS) is 11.8. The van der Waals surface area contributed by atoms with Crippen LogP contribution in [-0.2, 0) is 20.4 Å². The number of methoxy groups -OCH3 is 1. The van der Waals surface area contributed by atoms with Gasteiger partial charge in [0.15, 0.2) is 5.75 Å². The molecule has 0 aliphatic carbocycles. The molecule has 0 fully saturated rings. The Morgan fingerprint density at radius 3 is 2.04 bits per heavy atom. The van der Waals surface area contributed by atoms with E-state index < -0.39 is 28.4 Å². The van der Waals surface area contributed by atoms with E-state index >= 15 is 0 Å². The van der Waals surface area contributed by atoms with Crippen LogP contribution in [0.1, 0.15) is 5.56 Å². The highest BCUT2D eigenvalue weighted by Crippen LogP contribution is 2.30. The van der Waals surface area contributed by atoms with Gasteiger partial charge in [0.05, 0.1) is 7.11 Å². The topological polar surface area (TPSA) is 61.8 Å². The summed E-state index contributed by atoms with van der Waals surface area (Å²) in [6.07, 6.45) is -0.00704. The first-order chi connectivity index (χ1) is 10.4. The fraction of sp³-hybridized carbons (Fsp3) is 0.500. The summed E-state index contributed by atoms with van der Waals surface area (Å²) in [4.78, 5) is 23.8. The molecule has 5 nitrogen and oxygen atoms in total. The molecule has 0 heterocycles. The van der Waals surface area contributed by atoms with Crippen molar-refractivity contribution in [3.05, 3.63) is 23.8 Å². The first-order valence-electron chi connectivity index (χ1n) is 7.53. The number of benzene rings is 1. The van der Waals surface area contributed by atoms with Crippen molar-refractivity contribution in [3.8, 4) is 11.5 Å². The molecular weight excluding hydrogens is 328 g/mol. The maximum atomic E-state index is 12.0. The Hall–Kier alpha value is -1.61. The van der Waals surface area contributed by atoms with Gasteiger partial charge in [-0.05, 0) is 57.0 Å². The zero-order chi connectivity index (χ0) is 17.8. The number of ether oxygens (including phenoxy) is 1. The maximum absolute atomic E-state index is 12.0. The van der Waals surface area contributed by atoms with Crippen molar-refractivity contribution >= 4 is 28.4 Å². The van der Waals surface area contributed by atoms with Gasteiger partial charge in [-0.3, -0.25) is 4.79 Å². The first kappa shape index (κ1) is 19.4. The molecule has 0 aromatic heterocycles. The summed E-state index contributed by atoms with van der Waals surface area (Å²) >= 11 is 0. The standard InChI is InChI=1S/C16H26O5Si2/c1-19-15-11-12(8-9-14(15)20-22(2,3)4)10-13(17)16(18)21-23(5,6)7/h8-9,11H,10H2,1-7H3. The van der Waals surface area contributed by atoms with Crippen LogP contribution >= 0.6 is 0 Å². The predicted molar refractivity (Wildman–Crippen MR) is 95.1 cm³/mol. The highest BCUT2D eigenvalue weighted by molar-refractivity contribution is 6.72. The summed E-state index contributed by atoms with van der Waals surface area (Å²) in [5.74, 6) is -0.0808. The van der Waals surface area contributed by atoms with Gasteiger partial charge in [-0.25, -0.2) is 4.79 Å². The molecule has 128 valence electrons. The Kier molecular flexibility index (Phi) is 6.18. The minimum Gasteiger partial charge on any atom is -0.542 e. The molecule has 0 saturated carbocycles. The summed E-state index contributed by atoms with van der Waals surface area (Å²) in [5, 5.41) is 0. The number of hydrogen-bond donors (Lipinski definition) is 0. The van der Waals surface area contributed by atoms with Crippen LogP contribution in [0.4, 0.5) is 0 Å². The summed E-state index contributed by atoms with van der Waals surface area (Å²) in [6, 6.07) is 5.29. The Morgan fingerprint density at radius 2 is 1.57 bits per heavy atom. The smallest absolute Gasteiger partial charge is 0.361 e. The zero-order valence-corrected chi connectivity index (χ0v) is 17.0. The number of Topliss-reactive ketones (excluding diaryl/α,β-unsaturated/α-hetero) is 1. The van der Waals surface area contributed by atoms with Crippen molar-refractivity contribution in [3.63, 3.8) is 0 Å². The van der Waals surface area contributed by atoms with Crippen molar-refractivity contribution in [2.24, 2.45) is 0 Å². The van der Waals surface area contributed by atoms with Gasteiger partial charge < -0.3 is 13.6 Å². The van der Waals surface area contributed by atoms with E-state index in [1.54, 1.807) is 25.3 Å². The highest BCUT2D eigenvalue weighted by atomic mass is 28.4. The van der Waals surface area contributed by atoms with E-state index in [2.05, 4.69) is 19.6 Å². The minimum atomic E-state index is -2.06. The van der Waals surface area contributed by atoms with Gasteiger partial charge in [-0.15, -0.1) is 0 Å². The lowest BCUT2D eigenvalue weighted by molar-refractivity contribution is -0.147. The molecule has 0 unspecified atom stereocenters. The Bertz CT molecular complexity index is 585. The fourth-order valence-electron chi connectivity index (χ4n) is 1.83. The third kappa shape index (κ3) is 7.00. The Morgan fingerprint density at radius 1 is 0.957 bits per heavy atom. The third-order valence-corrected chi connectivity index (χ3v) is 4.27. The molecule has 0 bridgehead atoms. The molecule has 0 N–H and O–H groups in total. The second-order valence-electron chi connectivity index (χ2n) is 7.30. The first-order valence-corrected chi connectivity index (χ1v) is 14.3. The molecule has 23 heavy (non-hydrogen) atoms. The van der Waals surface area contributed by atoms with Crippen molar-refractivity contribution in [2.75, 3.05) is 7.11 Å². The largest absolute Gasteiger partial charge is 0.542 e. The van der Waals surface area contributed by atoms with Crippen LogP contribution in [0, 0.1) is 0 Å². The second-order valence-corrected chi connectivity index (χ2v) is 16.2. The van der Waals surface area contributed by atoms with Gasteiger partial charge in [-0.1, -0.05) is 6.07 Å². The average molecular weight is 355 g/mol. The number of rotatable bonds is 7. The monoisotopic (exact) mass is 354 g/mol. The minimum absolute atomic E-state index is 0.00704. The molecule has 0 aliphatic heterocycles. The van der Waals surface area contributed by atoms with E-state index in [4.69, 9.17) is 13.6 Å². The number of carbonyl (C=O) groups excluding carboxylic acids is 2. The summed E-state index contributed by atoms with van der Waals surface area (Å²) < 4.78 is 16.5. The lowest BCUT2D eigenvalue weighted by Crippen LogP contribution is -2.33. The SMILES string of the molecule is COc1cc(CC(=O)C(=O)O[Si](C)(C)C)ccc1O[Si](C)(C)C. The second kappa shape index (κ2) is 7.31. The Labute approximate surface area is 140 Å². The molecule has 7 heteroatoms. The van der Waals surface area contributed by atoms with Gasteiger partial charge in [0.1, 0.15) is 5.75 Å². The van der Waals surface area contributed by atoms with Crippen LogP contribution in [0.5, 0.6) is 11.5 Å². The number of carbonyl (C=O) groups is 2. The summed E-state index contributed by atoms with van der Waals surface area (Å²) in [6.45, 7) is 11.8. The fourth-order valence-corrected chi connectivity index (χ4v) is 3.33. The molecule has 0 aliphatic rings. The Balaban J connectivity index is 2.86. The van der Waals surface area contributed by atoms with Crippen molar-refractivity contribution in [2.45, 2.75) is 45.7 Å². The lowest BCUT2D eigenvalue weighted by atomic mass is 10.1. The van der Waals surface area contributed by atoms with Gasteiger partial charge in [0, 0.05) is 6.42 Å². The molecule has 0 atom stereocenters. The zero-order valence-electron chi connectivity index (χ0n) is 15.0. The molecule has 0 radical (unpaired) electrons. The molecule has 1 rings (SSSR count). The van der Waals surface area contributed by atoms with Gasteiger partial charge in [0.2, 0.25) is 22.4 Å². The van der Waals surface area contributed by atoms with E-state index in [-0.39, 0.29) is 6.42 Å². The molecule has 0 spiro atoms. The van der Waals surface area contributed by atoms with Crippen LogP contribution in [0.25, 0.3) is 0 Å². The molecule has 0 saturated heterocycles. The quantitative estimate of drug-likeness (QED) is 0.555. The number of hydrogen-bond acceptors (Lipinski definition) is 5. The number of ketones is 1. The predicted octanol–water partition coefficient (Wildman–Crippen LogP) is 3.40. The van der Waals surface area contributed by atoms with Crippen LogP contribution < -0.4 is 9.16 Å². The van der Waals surface area contributed by atoms with E-state index in [1.807, 2.05) is 19.6 Å². The summed E-state index contributed by atoms with van der Waals surface area (Å²) in [7, 11) is -2.27. The van der Waals surface area contributed by atoms with Crippen LogP contribution in [0.3, 0.4) is 0 Å². The maximum Gasteiger partial charge on any atom is 0.361 e. The van der Waals surface area contributed by atoms with Gasteiger partial charge in [0.25, 0.3) is 0 Å². The van der Waals surface area contributed by atoms with Crippen molar-refractivity contribution < 1.29 is 23.2 Å². The van der Waals surface area contributed by atoms with E-state index in [0.29, 0.717) is 17.1 Å². The van der Waals surface area contributed by atoms with Crippen molar-refractivity contribution in [1.29, 1.82) is 0 Å². The molecule has 1 aromatic carbocycles. The van der Waals surface area contributed by atoms with Crippen molar-refractivity contribution in [1.82, 2.24) is 0 Å². The average Bonchev–Trinajstić information content (AvgIpc) is 2.36. The van der Waals surface area contributed by atoms with Gasteiger partial charge >= 0.3 is 5.97 Å². The summed E-state index contributed by atoms with van der Waals surface area (Å²) in [5.41, 5.74) is 0.697. The van der Waals surface area contributed by atoms with E-state index in [1.165, 1.54) is 0 Å². The molecule has 1 aromatic rings. The third-order valence-electron chi connectivity index (χ3n) is 2.64. The molecular formula is C16H26O5Si2. The van der Waals surface area contributed by atoms with Crippen LogP contribution in [0.15, 0.2) is 18.2 Å². The molecule has 0 amide bonds. The van der Waals surface area contributed by atoms with Crippen LogP contribution in [0.2, 0.25) is 39.3 Å². The van der Waals surface area contributed by atoms with E-state index in [0.717, 1.165) is 0 Å². The van der Waals surface area contributed by atoms with Gasteiger partial charge in [-0.2, -0.15) is 0 Å². The lowest BCUT2D eigenvalue weighted by Gasteiger charge is -2.21. The van der Waals surface area contributed by atoms with E-state index in [9.17, 15) is 9.59 Å². The van der Waals surface area contributed by atoms with Crippen LogP contribution in [-0.4, -0.2) is 35.5 Å².